The van der Waals surface area contributed by atoms with E-state index >= 15 is 0 Å². The number of thioether (sulfide) groups is 1. The van der Waals surface area contributed by atoms with Crippen molar-refractivity contribution in [3.05, 3.63) is 41.5 Å². The van der Waals surface area contributed by atoms with Gasteiger partial charge in [-0.05, 0) is 17.7 Å². The summed E-state index contributed by atoms with van der Waals surface area (Å²) >= 11 is 1.71. The summed E-state index contributed by atoms with van der Waals surface area (Å²) in [5.41, 5.74) is 1.04. The molecule has 0 saturated carbocycles. The smallest absolute Gasteiger partial charge is 0.176 e. The lowest BCUT2D eigenvalue weighted by Crippen LogP contribution is -1.92. The molecule has 0 saturated heterocycles. The Bertz CT molecular complexity index is 784. The van der Waals surface area contributed by atoms with Gasteiger partial charge in [0.1, 0.15) is 11.6 Å². The van der Waals surface area contributed by atoms with Crippen LogP contribution in [-0.4, -0.2) is 15.5 Å². The van der Waals surface area contributed by atoms with Crippen LogP contribution in [0.5, 0.6) is 11.5 Å². The number of hydrogen-bond donors (Lipinski definition) is 2. The predicted molar refractivity (Wildman–Crippen MR) is 85.6 cm³/mol. The Balaban J connectivity index is 2.60. The van der Waals surface area contributed by atoms with Crippen LogP contribution in [-0.2, 0) is 0 Å². The molecule has 22 heavy (non-hydrogen) atoms. The second-order valence-corrected chi connectivity index (χ2v) is 6.61. The molecule has 2 aromatic carbocycles. The maximum Gasteiger partial charge on any atom is 0.176 e. The van der Waals surface area contributed by atoms with Crippen molar-refractivity contribution in [3.63, 3.8) is 0 Å². The third-order valence-corrected chi connectivity index (χ3v) is 4.04. The third-order valence-electron chi connectivity index (χ3n) is 3.03. The second kappa shape index (κ2) is 6.43. The summed E-state index contributed by atoms with van der Waals surface area (Å²) in [6, 6.07) is 12.4. The first-order valence-corrected chi connectivity index (χ1v) is 7.52. The average Bonchev–Trinajstić information content (AvgIpc) is 2.49. The van der Waals surface area contributed by atoms with Crippen molar-refractivity contribution >= 4 is 11.8 Å². The summed E-state index contributed by atoms with van der Waals surface area (Å²) in [4.78, 5) is 1.08. The van der Waals surface area contributed by atoms with Gasteiger partial charge in [-0.2, -0.15) is 10.5 Å². The Morgan fingerprint density at radius 2 is 1.68 bits per heavy atom. The van der Waals surface area contributed by atoms with Gasteiger partial charge in [0.2, 0.25) is 0 Å². The number of rotatable bonds is 3. The molecule has 0 spiro atoms. The van der Waals surface area contributed by atoms with Crippen molar-refractivity contribution in [2.45, 2.75) is 24.0 Å². The van der Waals surface area contributed by atoms with Crippen LogP contribution in [0.3, 0.4) is 0 Å². The van der Waals surface area contributed by atoms with Gasteiger partial charge in [-0.25, -0.2) is 0 Å². The lowest BCUT2D eigenvalue weighted by molar-refractivity contribution is 0.402. The SMILES string of the molecule is CC(C)Sc1ccc(-c2c(C#N)cc(O)c(O)c2C#N)cc1. The summed E-state index contributed by atoms with van der Waals surface area (Å²) in [5.74, 6) is -0.971. The Hall–Kier alpha value is -2.63. The van der Waals surface area contributed by atoms with Gasteiger partial charge in [0.25, 0.3) is 0 Å². The Kier molecular flexibility index (Phi) is 4.60. The van der Waals surface area contributed by atoms with Crippen LogP contribution in [0.1, 0.15) is 25.0 Å². The fourth-order valence-corrected chi connectivity index (χ4v) is 2.97. The monoisotopic (exact) mass is 310 g/mol. The fourth-order valence-electron chi connectivity index (χ4n) is 2.13. The van der Waals surface area contributed by atoms with Crippen LogP contribution >= 0.6 is 11.8 Å². The first kappa shape index (κ1) is 15.8. The Morgan fingerprint density at radius 3 is 2.18 bits per heavy atom. The standard InChI is InChI=1S/C17H14N2O2S/c1-10(2)22-13-5-3-11(4-6-13)16-12(8-18)7-15(20)17(21)14(16)9-19/h3-7,10,20-21H,1-2H3. The molecule has 0 aliphatic heterocycles. The molecule has 110 valence electrons. The molecule has 5 heteroatoms. The number of phenols is 2. The summed E-state index contributed by atoms with van der Waals surface area (Å²) in [6.45, 7) is 4.19. The number of aromatic hydroxyl groups is 2. The number of hydrogen-bond acceptors (Lipinski definition) is 5. The normalized spacial score (nSPS) is 10.2. The number of phenolic OH excluding ortho intramolecular Hbond substituents is 2. The first-order valence-electron chi connectivity index (χ1n) is 6.64. The molecule has 0 atom stereocenters. The topological polar surface area (TPSA) is 88.0 Å². The summed E-state index contributed by atoms with van der Waals surface area (Å²) in [7, 11) is 0. The Labute approximate surface area is 133 Å². The van der Waals surface area contributed by atoms with Crippen molar-refractivity contribution in [3.8, 4) is 34.8 Å². The highest BCUT2D eigenvalue weighted by Crippen LogP contribution is 2.39. The molecule has 2 aromatic rings. The van der Waals surface area contributed by atoms with E-state index in [0.29, 0.717) is 16.4 Å². The molecule has 2 rings (SSSR count). The zero-order valence-corrected chi connectivity index (χ0v) is 13.0. The van der Waals surface area contributed by atoms with Gasteiger partial charge in [0, 0.05) is 21.8 Å². The maximum atomic E-state index is 9.85. The lowest BCUT2D eigenvalue weighted by Gasteiger charge is -2.11. The highest BCUT2D eigenvalue weighted by Gasteiger charge is 2.18. The summed E-state index contributed by atoms with van der Waals surface area (Å²) in [6.07, 6.45) is 0. The highest BCUT2D eigenvalue weighted by molar-refractivity contribution is 7.99. The van der Waals surface area contributed by atoms with E-state index in [0.717, 1.165) is 4.90 Å². The van der Waals surface area contributed by atoms with E-state index in [4.69, 9.17) is 0 Å². The van der Waals surface area contributed by atoms with E-state index < -0.39 is 11.5 Å². The minimum atomic E-state index is -0.503. The average molecular weight is 310 g/mol. The summed E-state index contributed by atoms with van der Waals surface area (Å²) < 4.78 is 0. The van der Waals surface area contributed by atoms with Gasteiger partial charge >= 0.3 is 0 Å². The van der Waals surface area contributed by atoms with E-state index in [1.807, 2.05) is 24.3 Å². The van der Waals surface area contributed by atoms with Crippen LogP contribution in [0.4, 0.5) is 0 Å². The second-order valence-electron chi connectivity index (χ2n) is 4.96. The molecule has 0 heterocycles. The fraction of sp³-hybridized carbons (Fsp3) is 0.176. The van der Waals surface area contributed by atoms with Crippen molar-refractivity contribution in [1.82, 2.24) is 0 Å². The zero-order chi connectivity index (χ0) is 16.3. The van der Waals surface area contributed by atoms with E-state index in [2.05, 4.69) is 13.8 Å². The van der Waals surface area contributed by atoms with E-state index in [1.165, 1.54) is 6.07 Å². The van der Waals surface area contributed by atoms with Gasteiger partial charge < -0.3 is 10.2 Å². The molecule has 0 aliphatic rings. The molecule has 0 fully saturated rings. The molecule has 2 N–H and O–H groups in total. The molecule has 0 radical (unpaired) electrons. The van der Waals surface area contributed by atoms with Crippen molar-refractivity contribution < 1.29 is 10.2 Å². The van der Waals surface area contributed by atoms with Crippen molar-refractivity contribution in [1.29, 1.82) is 10.5 Å². The maximum absolute atomic E-state index is 9.85. The van der Waals surface area contributed by atoms with Gasteiger partial charge in [-0.1, -0.05) is 26.0 Å². The van der Waals surface area contributed by atoms with Crippen LogP contribution in [0.2, 0.25) is 0 Å². The number of benzene rings is 2. The molecule has 0 aromatic heterocycles. The molecular weight excluding hydrogens is 296 g/mol. The van der Waals surface area contributed by atoms with Gasteiger partial charge in [-0.15, -0.1) is 11.8 Å². The number of nitriles is 2. The summed E-state index contributed by atoms with van der Waals surface area (Å²) in [5, 5.41) is 38.4. The van der Waals surface area contributed by atoms with E-state index in [-0.39, 0.29) is 11.1 Å². The van der Waals surface area contributed by atoms with Crippen LogP contribution in [0.25, 0.3) is 11.1 Å². The van der Waals surface area contributed by atoms with Crippen molar-refractivity contribution in [2.75, 3.05) is 0 Å². The van der Waals surface area contributed by atoms with Crippen LogP contribution < -0.4 is 0 Å². The molecule has 0 amide bonds. The number of nitrogens with zero attached hydrogens (tertiary/aromatic N) is 2. The molecular formula is C17H14N2O2S. The largest absolute Gasteiger partial charge is 0.504 e. The van der Waals surface area contributed by atoms with Gasteiger partial charge in [-0.3, -0.25) is 0 Å². The van der Waals surface area contributed by atoms with Gasteiger partial charge in [0.15, 0.2) is 11.5 Å². The van der Waals surface area contributed by atoms with Crippen molar-refractivity contribution in [2.24, 2.45) is 0 Å². The first-order chi connectivity index (χ1) is 10.5. The minimum absolute atomic E-state index is 0.0965. The highest BCUT2D eigenvalue weighted by atomic mass is 32.2. The van der Waals surface area contributed by atoms with Gasteiger partial charge in [0.05, 0.1) is 11.6 Å². The Morgan fingerprint density at radius 1 is 1.05 bits per heavy atom. The molecule has 0 unspecified atom stereocenters. The predicted octanol–water partition coefficient (Wildman–Crippen LogP) is 4.01. The van der Waals surface area contributed by atoms with E-state index in [1.54, 1.807) is 23.9 Å². The van der Waals surface area contributed by atoms with Crippen LogP contribution in [0.15, 0.2) is 35.2 Å². The van der Waals surface area contributed by atoms with Crippen LogP contribution in [0, 0.1) is 22.7 Å². The third kappa shape index (κ3) is 3.00. The molecule has 0 aliphatic carbocycles. The minimum Gasteiger partial charge on any atom is -0.504 e. The lowest BCUT2D eigenvalue weighted by atomic mass is 9.94. The molecule has 4 nitrogen and oxygen atoms in total. The quantitative estimate of drug-likeness (QED) is 0.660. The molecule has 0 bridgehead atoms. The zero-order valence-electron chi connectivity index (χ0n) is 12.2. The van der Waals surface area contributed by atoms with E-state index in [9.17, 15) is 20.7 Å².